The summed E-state index contributed by atoms with van der Waals surface area (Å²) >= 11 is 0. The molecule has 1 heterocycles. The lowest BCUT2D eigenvalue weighted by atomic mass is 9.92. The predicted octanol–water partition coefficient (Wildman–Crippen LogP) is 3.06. The number of H-pyrrole nitrogens is 1. The van der Waals surface area contributed by atoms with Gasteiger partial charge < -0.3 is 4.98 Å². The van der Waals surface area contributed by atoms with Crippen LogP contribution in [-0.4, -0.2) is 9.97 Å². The lowest BCUT2D eigenvalue weighted by molar-refractivity contribution is 0.401. The molecule has 0 saturated heterocycles. The summed E-state index contributed by atoms with van der Waals surface area (Å²) in [5.41, 5.74) is 0.994. The Morgan fingerprint density at radius 3 is 2.72 bits per heavy atom. The predicted molar refractivity (Wildman–Crippen MR) is 71.8 cm³/mol. The molecule has 0 unspecified atom stereocenters. The minimum absolute atomic E-state index is 0.0695. The van der Waals surface area contributed by atoms with Crippen LogP contribution in [0.1, 0.15) is 26.6 Å². The van der Waals surface area contributed by atoms with Gasteiger partial charge in [-0.05, 0) is 17.5 Å². The van der Waals surface area contributed by atoms with Gasteiger partial charge in [-0.15, -0.1) is 0 Å². The van der Waals surface area contributed by atoms with E-state index in [0.717, 1.165) is 0 Å². The molecule has 92 valence electrons. The van der Waals surface area contributed by atoms with Crippen molar-refractivity contribution in [1.29, 1.82) is 0 Å². The van der Waals surface area contributed by atoms with Crippen molar-refractivity contribution in [3.63, 3.8) is 0 Å². The normalized spacial score (nSPS) is 11.4. The summed E-state index contributed by atoms with van der Waals surface area (Å²) < 4.78 is 0. The quantitative estimate of drug-likeness (QED) is 0.780. The third-order valence-corrected chi connectivity index (χ3v) is 2.56. The largest absolute Gasteiger partial charge is 0.310 e. The molecule has 2 rings (SSSR count). The molecule has 0 aliphatic rings. The molecule has 4 heteroatoms. The average Bonchev–Trinajstić information content (AvgIpc) is 2.26. The molecule has 18 heavy (non-hydrogen) atoms. The first kappa shape index (κ1) is 12.3. The van der Waals surface area contributed by atoms with Crippen molar-refractivity contribution in [2.75, 3.05) is 0 Å². The van der Waals surface area contributed by atoms with E-state index in [1.54, 1.807) is 18.2 Å². The van der Waals surface area contributed by atoms with E-state index in [4.69, 9.17) is 6.57 Å². The second kappa shape index (κ2) is 4.26. The SMILES string of the molecule is [C-]#[N+]c1ccc2nc(CC(C)(C)C)[nH]c(=O)c2c1. The van der Waals surface area contributed by atoms with Gasteiger partial charge in [0.2, 0.25) is 0 Å². The monoisotopic (exact) mass is 241 g/mol. The summed E-state index contributed by atoms with van der Waals surface area (Å²) in [6.07, 6.45) is 0.711. The fraction of sp³-hybridized carbons (Fsp3) is 0.357. The summed E-state index contributed by atoms with van der Waals surface area (Å²) in [4.78, 5) is 22.5. The van der Waals surface area contributed by atoms with E-state index in [9.17, 15) is 4.79 Å². The molecule has 1 N–H and O–H groups in total. The number of benzene rings is 1. The van der Waals surface area contributed by atoms with Crippen LogP contribution in [0.5, 0.6) is 0 Å². The zero-order chi connectivity index (χ0) is 13.3. The van der Waals surface area contributed by atoms with Gasteiger partial charge in [0.05, 0.1) is 17.5 Å². The highest BCUT2D eigenvalue weighted by Gasteiger charge is 2.14. The molecule has 0 spiro atoms. The van der Waals surface area contributed by atoms with Crippen molar-refractivity contribution in [2.24, 2.45) is 5.41 Å². The molecular weight excluding hydrogens is 226 g/mol. The molecule has 1 aromatic carbocycles. The Morgan fingerprint density at radius 2 is 2.11 bits per heavy atom. The number of aromatic nitrogens is 2. The number of fused-ring (bicyclic) bond motifs is 1. The Balaban J connectivity index is 2.58. The van der Waals surface area contributed by atoms with Gasteiger partial charge in [-0.2, -0.15) is 0 Å². The molecule has 0 fully saturated rings. The van der Waals surface area contributed by atoms with Crippen LogP contribution in [0.2, 0.25) is 0 Å². The van der Waals surface area contributed by atoms with E-state index in [1.165, 1.54) is 0 Å². The lowest BCUT2D eigenvalue weighted by Gasteiger charge is -2.17. The molecule has 2 aromatic rings. The summed E-state index contributed by atoms with van der Waals surface area (Å²) in [6, 6.07) is 4.99. The first-order valence-corrected chi connectivity index (χ1v) is 5.79. The van der Waals surface area contributed by atoms with Gasteiger partial charge in [-0.1, -0.05) is 26.8 Å². The molecule has 0 aliphatic heterocycles. The number of hydrogen-bond donors (Lipinski definition) is 1. The molecule has 0 bridgehead atoms. The molecule has 1 aromatic heterocycles. The van der Waals surface area contributed by atoms with E-state index in [0.29, 0.717) is 28.8 Å². The molecule has 4 nitrogen and oxygen atoms in total. The molecule has 0 atom stereocenters. The first-order valence-electron chi connectivity index (χ1n) is 5.79. The number of aromatic amines is 1. The van der Waals surface area contributed by atoms with Gasteiger partial charge in [0, 0.05) is 6.42 Å². The number of rotatable bonds is 1. The van der Waals surface area contributed by atoms with Crippen LogP contribution in [0.25, 0.3) is 15.7 Å². The van der Waals surface area contributed by atoms with Crippen LogP contribution >= 0.6 is 0 Å². The van der Waals surface area contributed by atoms with E-state index in [1.807, 2.05) is 0 Å². The van der Waals surface area contributed by atoms with Crippen molar-refractivity contribution in [2.45, 2.75) is 27.2 Å². The third-order valence-electron chi connectivity index (χ3n) is 2.56. The van der Waals surface area contributed by atoms with Gasteiger partial charge in [0.15, 0.2) is 5.69 Å². The topological polar surface area (TPSA) is 50.1 Å². The minimum Gasteiger partial charge on any atom is -0.310 e. The Morgan fingerprint density at radius 1 is 1.39 bits per heavy atom. The molecule has 0 saturated carbocycles. The van der Waals surface area contributed by atoms with Crippen molar-refractivity contribution in [3.8, 4) is 0 Å². The molecular formula is C14H15N3O. The minimum atomic E-state index is -0.176. The Hall–Kier alpha value is -2.15. The van der Waals surface area contributed by atoms with Crippen molar-refractivity contribution in [1.82, 2.24) is 9.97 Å². The zero-order valence-electron chi connectivity index (χ0n) is 10.7. The van der Waals surface area contributed by atoms with Crippen molar-refractivity contribution < 1.29 is 0 Å². The van der Waals surface area contributed by atoms with Gasteiger partial charge in [-0.25, -0.2) is 9.83 Å². The number of nitrogens with zero attached hydrogens (tertiary/aromatic N) is 2. The fourth-order valence-electron chi connectivity index (χ4n) is 1.83. The maximum absolute atomic E-state index is 12.0. The highest BCUT2D eigenvalue weighted by molar-refractivity contribution is 5.81. The van der Waals surface area contributed by atoms with Gasteiger partial charge in [0.25, 0.3) is 5.56 Å². The van der Waals surface area contributed by atoms with E-state index >= 15 is 0 Å². The number of hydrogen-bond acceptors (Lipinski definition) is 2. The Labute approximate surface area is 106 Å². The van der Waals surface area contributed by atoms with Crippen molar-refractivity contribution in [3.05, 3.63) is 45.8 Å². The Bertz CT molecular complexity index is 687. The standard InChI is InChI=1S/C14H15N3O/c1-14(2,3)8-12-16-11-6-5-9(15-4)7-10(11)13(18)17-12/h5-7H,8H2,1-3H3,(H,16,17,18). The average molecular weight is 241 g/mol. The zero-order valence-corrected chi connectivity index (χ0v) is 10.7. The van der Waals surface area contributed by atoms with Crippen LogP contribution in [0.3, 0.4) is 0 Å². The van der Waals surface area contributed by atoms with Crippen LogP contribution in [-0.2, 0) is 6.42 Å². The number of nitrogens with one attached hydrogen (secondary N) is 1. The van der Waals surface area contributed by atoms with Crippen molar-refractivity contribution >= 4 is 16.6 Å². The Kier molecular flexibility index (Phi) is 2.92. The highest BCUT2D eigenvalue weighted by atomic mass is 16.1. The second-order valence-corrected chi connectivity index (χ2v) is 5.56. The summed E-state index contributed by atoms with van der Waals surface area (Å²) in [7, 11) is 0. The smallest absolute Gasteiger partial charge is 0.257 e. The fourth-order valence-corrected chi connectivity index (χ4v) is 1.83. The summed E-state index contributed by atoms with van der Waals surface area (Å²) in [6.45, 7) is 13.2. The van der Waals surface area contributed by atoms with Gasteiger partial charge in [-0.3, -0.25) is 4.79 Å². The molecule has 0 amide bonds. The molecule has 0 radical (unpaired) electrons. The van der Waals surface area contributed by atoms with Gasteiger partial charge >= 0.3 is 0 Å². The van der Waals surface area contributed by atoms with Crippen LogP contribution in [0.4, 0.5) is 5.69 Å². The van der Waals surface area contributed by atoms with Gasteiger partial charge in [0.1, 0.15) is 5.82 Å². The van der Waals surface area contributed by atoms with E-state index < -0.39 is 0 Å². The maximum Gasteiger partial charge on any atom is 0.257 e. The van der Waals surface area contributed by atoms with Crippen LogP contribution < -0.4 is 5.56 Å². The molecule has 0 aliphatic carbocycles. The highest BCUT2D eigenvalue weighted by Crippen LogP contribution is 2.20. The van der Waals surface area contributed by atoms with E-state index in [2.05, 4.69) is 35.6 Å². The second-order valence-electron chi connectivity index (χ2n) is 5.56. The van der Waals surface area contributed by atoms with E-state index in [-0.39, 0.29) is 11.0 Å². The summed E-state index contributed by atoms with van der Waals surface area (Å²) in [5.74, 6) is 0.690. The van der Waals surface area contributed by atoms with Crippen LogP contribution in [0.15, 0.2) is 23.0 Å². The van der Waals surface area contributed by atoms with Crippen LogP contribution in [0, 0.1) is 12.0 Å². The lowest BCUT2D eigenvalue weighted by Crippen LogP contribution is -2.17. The summed E-state index contributed by atoms with van der Waals surface area (Å²) in [5, 5.41) is 0.473. The third kappa shape index (κ3) is 2.57. The first-order chi connectivity index (χ1) is 8.39. The maximum atomic E-state index is 12.0.